The highest BCUT2D eigenvalue weighted by Crippen LogP contribution is 2.25. The second-order valence-electron chi connectivity index (χ2n) is 4.81. The number of carbonyl (C=O) groups excluding carboxylic acids is 1. The van der Waals surface area contributed by atoms with Gasteiger partial charge in [-0.05, 0) is 18.8 Å². The van der Waals surface area contributed by atoms with Gasteiger partial charge in [0.2, 0.25) is 5.91 Å². The number of nitrogens with one attached hydrogen (secondary N) is 3. The SMILES string of the molecule is CN=C(NC)NCCNC(=O)CC1CCCCC1. The Labute approximate surface area is 110 Å². The van der Waals surface area contributed by atoms with Crippen LogP contribution in [0.1, 0.15) is 38.5 Å². The van der Waals surface area contributed by atoms with Crippen LogP contribution < -0.4 is 16.0 Å². The number of carbonyl (C=O) groups is 1. The highest BCUT2D eigenvalue weighted by molar-refractivity contribution is 5.79. The van der Waals surface area contributed by atoms with E-state index in [0.29, 0.717) is 25.4 Å². The molecule has 1 amide bonds. The molecule has 0 aromatic heterocycles. The fraction of sp³-hybridized carbons (Fsp3) is 0.846. The van der Waals surface area contributed by atoms with E-state index < -0.39 is 0 Å². The van der Waals surface area contributed by atoms with Crippen molar-refractivity contribution in [2.24, 2.45) is 10.9 Å². The largest absolute Gasteiger partial charge is 0.359 e. The van der Waals surface area contributed by atoms with E-state index in [1.807, 2.05) is 7.05 Å². The van der Waals surface area contributed by atoms with Crippen molar-refractivity contribution in [2.75, 3.05) is 27.2 Å². The molecule has 0 atom stereocenters. The van der Waals surface area contributed by atoms with E-state index in [-0.39, 0.29) is 5.91 Å². The monoisotopic (exact) mass is 254 g/mol. The van der Waals surface area contributed by atoms with Crippen LogP contribution in [0.2, 0.25) is 0 Å². The van der Waals surface area contributed by atoms with Crippen LogP contribution in [0, 0.1) is 5.92 Å². The Morgan fingerprint density at radius 1 is 1.17 bits per heavy atom. The molecule has 0 spiro atoms. The van der Waals surface area contributed by atoms with Gasteiger partial charge in [-0.25, -0.2) is 0 Å². The molecule has 1 aliphatic carbocycles. The van der Waals surface area contributed by atoms with Crippen LogP contribution in [0.4, 0.5) is 0 Å². The lowest BCUT2D eigenvalue weighted by Gasteiger charge is -2.20. The van der Waals surface area contributed by atoms with Gasteiger partial charge in [0.25, 0.3) is 0 Å². The summed E-state index contributed by atoms with van der Waals surface area (Å²) < 4.78 is 0. The summed E-state index contributed by atoms with van der Waals surface area (Å²) in [5.41, 5.74) is 0. The lowest BCUT2D eigenvalue weighted by molar-refractivity contribution is -0.122. The molecule has 1 aliphatic rings. The maximum absolute atomic E-state index is 11.7. The number of amides is 1. The first-order valence-corrected chi connectivity index (χ1v) is 6.91. The summed E-state index contributed by atoms with van der Waals surface area (Å²) in [6, 6.07) is 0. The smallest absolute Gasteiger partial charge is 0.220 e. The van der Waals surface area contributed by atoms with Crippen molar-refractivity contribution in [2.45, 2.75) is 38.5 Å². The molecular weight excluding hydrogens is 228 g/mol. The minimum absolute atomic E-state index is 0.183. The Balaban J connectivity index is 2.06. The van der Waals surface area contributed by atoms with Gasteiger partial charge >= 0.3 is 0 Å². The molecule has 1 rings (SSSR count). The predicted octanol–water partition coefficient (Wildman–Crippen LogP) is 0.868. The van der Waals surface area contributed by atoms with Gasteiger partial charge < -0.3 is 16.0 Å². The van der Waals surface area contributed by atoms with Crippen LogP contribution in [0.15, 0.2) is 4.99 Å². The van der Waals surface area contributed by atoms with Crippen LogP contribution in [0.25, 0.3) is 0 Å². The normalized spacial score (nSPS) is 17.3. The van der Waals surface area contributed by atoms with Gasteiger partial charge in [0.15, 0.2) is 5.96 Å². The molecule has 0 unspecified atom stereocenters. The molecule has 18 heavy (non-hydrogen) atoms. The van der Waals surface area contributed by atoms with Gasteiger partial charge in [0, 0.05) is 33.6 Å². The van der Waals surface area contributed by atoms with E-state index in [9.17, 15) is 4.79 Å². The topological polar surface area (TPSA) is 65.5 Å². The van der Waals surface area contributed by atoms with Gasteiger partial charge in [0.05, 0.1) is 0 Å². The Hall–Kier alpha value is -1.26. The highest BCUT2D eigenvalue weighted by atomic mass is 16.1. The lowest BCUT2D eigenvalue weighted by Crippen LogP contribution is -2.40. The summed E-state index contributed by atoms with van der Waals surface area (Å²) in [6.45, 7) is 1.34. The van der Waals surface area contributed by atoms with Crippen LogP contribution >= 0.6 is 0 Å². The van der Waals surface area contributed by atoms with E-state index in [1.54, 1.807) is 7.05 Å². The third kappa shape index (κ3) is 5.89. The summed E-state index contributed by atoms with van der Waals surface area (Å²) in [4.78, 5) is 15.7. The quantitative estimate of drug-likeness (QED) is 0.387. The zero-order chi connectivity index (χ0) is 13.2. The van der Waals surface area contributed by atoms with Crippen molar-refractivity contribution in [3.63, 3.8) is 0 Å². The second kappa shape index (κ2) is 8.78. The number of nitrogens with zero attached hydrogens (tertiary/aromatic N) is 1. The van der Waals surface area contributed by atoms with Crippen LogP contribution in [0.3, 0.4) is 0 Å². The van der Waals surface area contributed by atoms with Crippen molar-refractivity contribution in [3.05, 3.63) is 0 Å². The Bertz CT molecular complexity index is 272. The van der Waals surface area contributed by atoms with Gasteiger partial charge in [-0.15, -0.1) is 0 Å². The van der Waals surface area contributed by atoms with E-state index in [4.69, 9.17) is 0 Å². The van der Waals surface area contributed by atoms with Crippen molar-refractivity contribution < 1.29 is 4.79 Å². The van der Waals surface area contributed by atoms with Gasteiger partial charge in [-0.2, -0.15) is 0 Å². The Morgan fingerprint density at radius 2 is 1.83 bits per heavy atom. The summed E-state index contributed by atoms with van der Waals surface area (Å²) in [5.74, 6) is 1.54. The average molecular weight is 254 g/mol. The molecule has 0 heterocycles. The number of aliphatic imine (C=N–C) groups is 1. The molecule has 0 aromatic rings. The fourth-order valence-electron chi connectivity index (χ4n) is 2.39. The summed E-state index contributed by atoms with van der Waals surface area (Å²) >= 11 is 0. The number of guanidine groups is 1. The maximum atomic E-state index is 11.7. The van der Waals surface area contributed by atoms with Crippen molar-refractivity contribution in [1.82, 2.24) is 16.0 Å². The molecule has 3 N–H and O–H groups in total. The third-order valence-electron chi connectivity index (χ3n) is 3.40. The molecule has 104 valence electrons. The zero-order valence-corrected chi connectivity index (χ0v) is 11.6. The molecule has 0 saturated heterocycles. The lowest BCUT2D eigenvalue weighted by atomic mass is 9.87. The first-order chi connectivity index (χ1) is 8.76. The van der Waals surface area contributed by atoms with Gasteiger partial charge in [-0.3, -0.25) is 9.79 Å². The van der Waals surface area contributed by atoms with E-state index in [1.165, 1.54) is 32.1 Å². The number of hydrogen-bond acceptors (Lipinski definition) is 2. The van der Waals surface area contributed by atoms with Crippen LogP contribution in [-0.4, -0.2) is 39.1 Å². The number of rotatable bonds is 5. The minimum atomic E-state index is 0.183. The van der Waals surface area contributed by atoms with Crippen LogP contribution in [-0.2, 0) is 4.79 Å². The number of hydrogen-bond donors (Lipinski definition) is 3. The molecule has 5 nitrogen and oxygen atoms in total. The molecular formula is C13H26N4O. The molecule has 0 radical (unpaired) electrons. The highest BCUT2D eigenvalue weighted by Gasteiger charge is 2.16. The average Bonchev–Trinajstić information content (AvgIpc) is 2.40. The fourth-order valence-corrected chi connectivity index (χ4v) is 2.39. The van der Waals surface area contributed by atoms with Crippen LogP contribution in [0.5, 0.6) is 0 Å². The summed E-state index contributed by atoms with van der Waals surface area (Å²) in [7, 11) is 3.54. The van der Waals surface area contributed by atoms with E-state index in [2.05, 4.69) is 20.9 Å². The van der Waals surface area contributed by atoms with Crippen molar-refractivity contribution in [1.29, 1.82) is 0 Å². The first-order valence-electron chi connectivity index (χ1n) is 6.91. The predicted molar refractivity (Wildman–Crippen MR) is 74.6 cm³/mol. The molecule has 1 saturated carbocycles. The molecule has 0 aromatic carbocycles. The first kappa shape index (κ1) is 14.8. The Morgan fingerprint density at radius 3 is 2.44 bits per heavy atom. The maximum Gasteiger partial charge on any atom is 0.220 e. The third-order valence-corrected chi connectivity index (χ3v) is 3.40. The van der Waals surface area contributed by atoms with E-state index >= 15 is 0 Å². The second-order valence-corrected chi connectivity index (χ2v) is 4.81. The molecule has 1 fully saturated rings. The molecule has 0 bridgehead atoms. The molecule has 0 aliphatic heterocycles. The zero-order valence-electron chi connectivity index (χ0n) is 11.6. The van der Waals surface area contributed by atoms with Gasteiger partial charge in [-0.1, -0.05) is 19.3 Å². The van der Waals surface area contributed by atoms with Gasteiger partial charge in [0.1, 0.15) is 0 Å². The summed E-state index contributed by atoms with van der Waals surface area (Å²) in [5, 5.41) is 8.98. The standard InChI is InChI=1S/C13H26N4O/c1-14-13(15-2)17-9-8-16-12(18)10-11-6-4-3-5-7-11/h11H,3-10H2,1-2H3,(H,16,18)(H2,14,15,17). The molecule has 5 heteroatoms. The minimum Gasteiger partial charge on any atom is -0.359 e. The van der Waals surface area contributed by atoms with E-state index in [0.717, 1.165) is 5.96 Å². The van der Waals surface area contributed by atoms with Crippen molar-refractivity contribution in [3.8, 4) is 0 Å². The van der Waals surface area contributed by atoms with Crippen molar-refractivity contribution >= 4 is 11.9 Å². The Kier molecular flexibility index (Phi) is 7.22. The summed E-state index contributed by atoms with van der Waals surface area (Å²) in [6.07, 6.45) is 7.05.